The summed E-state index contributed by atoms with van der Waals surface area (Å²) < 4.78 is 16.8. The van der Waals surface area contributed by atoms with Crippen LogP contribution in [0.1, 0.15) is 17.6 Å². The van der Waals surface area contributed by atoms with Gasteiger partial charge in [0, 0.05) is 6.07 Å². The standard InChI is InChI=1S/C17H17N3O5S/c1-3-14-19-20-15(21)8-11(18-17(20)26-14)9-25-16(22)10-24-13-6-4-12(23-2)5-7-13/h4-8H,3,9-10H2,1-2H3. The lowest BCUT2D eigenvalue weighted by molar-refractivity contribution is -0.147. The Morgan fingerprint density at radius 1 is 1.23 bits per heavy atom. The number of benzene rings is 1. The number of nitrogens with zero attached hydrogens (tertiary/aromatic N) is 3. The van der Waals surface area contributed by atoms with Gasteiger partial charge < -0.3 is 14.2 Å². The van der Waals surface area contributed by atoms with Gasteiger partial charge in [-0.15, -0.1) is 0 Å². The van der Waals surface area contributed by atoms with E-state index in [9.17, 15) is 9.59 Å². The molecule has 0 aliphatic carbocycles. The van der Waals surface area contributed by atoms with Gasteiger partial charge in [-0.25, -0.2) is 9.78 Å². The fourth-order valence-electron chi connectivity index (χ4n) is 2.12. The Labute approximate surface area is 153 Å². The molecule has 1 aromatic carbocycles. The van der Waals surface area contributed by atoms with Crippen LogP contribution < -0.4 is 15.0 Å². The lowest BCUT2D eigenvalue weighted by Crippen LogP contribution is -2.18. The van der Waals surface area contributed by atoms with Crippen LogP contribution in [0.4, 0.5) is 0 Å². The summed E-state index contributed by atoms with van der Waals surface area (Å²) in [6.45, 7) is 1.61. The van der Waals surface area contributed by atoms with Crippen molar-refractivity contribution in [1.82, 2.24) is 14.6 Å². The SMILES string of the molecule is CCc1nn2c(=O)cc(COC(=O)COc3ccc(OC)cc3)nc2s1. The maximum atomic E-state index is 12.0. The van der Waals surface area contributed by atoms with Crippen LogP contribution >= 0.6 is 11.3 Å². The fourth-order valence-corrected chi connectivity index (χ4v) is 2.98. The number of ether oxygens (including phenoxy) is 3. The molecule has 0 aliphatic heterocycles. The summed E-state index contributed by atoms with van der Waals surface area (Å²) in [5.74, 6) is 0.667. The first-order valence-electron chi connectivity index (χ1n) is 7.90. The zero-order valence-corrected chi connectivity index (χ0v) is 15.1. The lowest BCUT2D eigenvalue weighted by Gasteiger charge is -2.07. The van der Waals surface area contributed by atoms with Crippen LogP contribution in [0.2, 0.25) is 0 Å². The predicted molar refractivity (Wildman–Crippen MR) is 94.8 cm³/mol. The van der Waals surface area contributed by atoms with Crippen LogP contribution in [-0.4, -0.2) is 34.3 Å². The van der Waals surface area contributed by atoms with Gasteiger partial charge in [-0.05, 0) is 30.7 Å². The highest BCUT2D eigenvalue weighted by Crippen LogP contribution is 2.17. The molecule has 0 radical (unpaired) electrons. The van der Waals surface area contributed by atoms with Gasteiger partial charge in [0.25, 0.3) is 5.56 Å². The van der Waals surface area contributed by atoms with E-state index in [0.29, 0.717) is 22.2 Å². The highest BCUT2D eigenvalue weighted by Gasteiger charge is 2.10. The molecule has 0 fully saturated rings. The van der Waals surface area contributed by atoms with Crippen molar-refractivity contribution >= 4 is 22.3 Å². The first kappa shape index (κ1) is 17.9. The molecule has 2 heterocycles. The van der Waals surface area contributed by atoms with Crippen molar-refractivity contribution in [2.45, 2.75) is 20.0 Å². The average molecular weight is 375 g/mol. The highest BCUT2D eigenvalue weighted by molar-refractivity contribution is 7.16. The van der Waals surface area contributed by atoms with Gasteiger partial charge in [0.15, 0.2) is 6.61 Å². The van der Waals surface area contributed by atoms with E-state index in [1.165, 1.54) is 21.9 Å². The number of fused-ring (bicyclic) bond motifs is 1. The Kier molecular flexibility index (Phi) is 5.47. The summed E-state index contributed by atoms with van der Waals surface area (Å²) in [5, 5.41) is 4.98. The minimum atomic E-state index is -0.554. The lowest BCUT2D eigenvalue weighted by atomic mass is 10.3. The molecule has 0 atom stereocenters. The van der Waals surface area contributed by atoms with E-state index in [2.05, 4.69) is 10.1 Å². The normalized spacial score (nSPS) is 10.7. The Bertz CT molecular complexity index is 965. The number of hydrogen-bond donors (Lipinski definition) is 0. The largest absolute Gasteiger partial charge is 0.497 e. The molecule has 26 heavy (non-hydrogen) atoms. The van der Waals surface area contributed by atoms with Crippen molar-refractivity contribution in [3.05, 3.63) is 51.4 Å². The topological polar surface area (TPSA) is 92.0 Å². The van der Waals surface area contributed by atoms with E-state index in [1.807, 2.05) is 6.92 Å². The van der Waals surface area contributed by atoms with Gasteiger partial charge in [-0.1, -0.05) is 18.3 Å². The summed E-state index contributed by atoms with van der Waals surface area (Å²) in [4.78, 5) is 28.6. The average Bonchev–Trinajstić information content (AvgIpc) is 3.09. The molecule has 136 valence electrons. The first-order chi connectivity index (χ1) is 12.6. The van der Waals surface area contributed by atoms with Gasteiger partial charge in [-0.2, -0.15) is 9.61 Å². The van der Waals surface area contributed by atoms with Crippen LogP contribution in [0.15, 0.2) is 35.1 Å². The number of hydrogen-bond acceptors (Lipinski definition) is 8. The minimum absolute atomic E-state index is 0.101. The van der Waals surface area contributed by atoms with Gasteiger partial charge in [0.05, 0.1) is 12.8 Å². The second-order valence-corrected chi connectivity index (χ2v) is 6.29. The summed E-state index contributed by atoms with van der Waals surface area (Å²) in [7, 11) is 1.57. The molecule has 2 aromatic heterocycles. The van der Waals surface area contributed by atoms with Gasteiger partial charge in [0.1, 0.15) is 23.1 Å². The number of carbonyl (C=O) groups is 1. The zero-order valence-electron chi connectivity index (χ0n) is 14.3. The van der Waals surface area contributed by atoms with Crippen molar-refractivity contribution in [2.24, 2.45) is 0 Å². The van der Waals surface area contributed by atoms with Crippen LogP contribution in [-0.2, 0) is 22.6 Å². The maximum Gasteiger partial charge on any atom is 0.344 e. The smallest absolute Gasteiger partial charge is 0.344 e. The van der Waals surface area contributed by atoms with E-state index < -0.39 is 5.97 Å². The monoisotopic (exact) mass is 375 g/mol. The second kappa shape index (κ2) is 7.96. The maximum absolute atomic E-state index is 12.0. The van der Waals surface area contributed by atoms with E-state index in [4.69, 9.17) is 14.2 Å². The third-order valence-electron chi connectivity index (χ3n) is 3.44. The van der Waals surface area contributed by atoms with Crippen LogP contribution in [0.25, 0.3) is 4.96 Å². The summed E-state index contributed by atoms with van der Waals surface area (Å²) in [5.41, 5.74) is 0.0746. The molecule has 8 nitrogen and oxygen atoms in total. The summed E-state index contributed by atoms with van der Waals surface area (Å²) >= 11 is 1.34. The van der Waals surface area contributed by atoms with Crippen molar-refractivity contribution in [1.29, 1.82) is 0 Å². The molecule has 9 heteroatoms. The molecule has 3 rings (SSSR count). The quantitative estimate of drug-likeness (QED) is 0.582. The van der Waals surface area contributed by atoms with Gasteiger partial charge in [-0.3, -0.25) is 4.79 Å². The number of esters is 1. The van der Waals surface area contributed by atoms with Gasteiger partial charge >= 0.3 is 5.97 Å². The minimum Gasteiger partial charge on any atom is -0.497 e. The van der Waals surface area contributed by atoms with Crippen molar-refractivity contribution in [2.75, 3.05) is 13.7 Å². The molecular weight excluding hydrogens is 358 g/mol. The molecule has 0 aliphatic rings. The summed E-state index contributed by atoms with van der Waals surface area (Å²) in [6, 6.07) is 8.15. The molecule has 0 N–H and O–H groups in total. The molecule has 0 amide bonds. The Hall–Kier alpha value is -2.94. The Morgan fingerprint density at radius 2 is 1.96 bits per heavy atom. The number of carbonyl (C=O) groups excluding carboxylic acids is 1. The van der Waals surface area contributed by atoms with E-state index in [-0.39, 0.29) is 18.8 Å². The molecule has 0 bridgehead atoms. The second-order valence-electron chi connectivity index (χ2n) is 5.25. The number of rotatable bonds is 7. The molecule has 3 aromatic rings. The number of methoxy groups -OCH3 is 1. The zero-order chi connectivity index (χ0) is 18.5. The molecular formula is C17H17N3O5S. The predicted octanol–water partition coefficient (Wildman–Crippen LogP) is 1.84. The van der Waals surface area contributed by atoms with Crippen LogP contribution in [0.3, 0.4) is 0 Å². The molecule has 0 saturated carbocycles. The van der Waals surface area contributed by atoms with Crippen LogP contribution in [0, 0.1) is 0 Å². The van der Waals surface area contributed by atoms with Gasteiger partial charge in [0.2, 0.25) is 4.96 Å². The molecule has 0 saturated heterocycles. The number of aromatic nitrogens is 3. The van der Waals surface area contributed by atoms with E-state index in [1.54, 1.807) is 31.4 Å². The van der Waals surface area contributed by atoms with Crippen molar-refractivity contribution < 1.29 is 19.0 Å². The van der Waals surface area contributed by atoms with Crippen LogP contribution in [0.5, 0.6) is 11.5 Å². The molecule has 0 spiro atoms. The highest BCUT2D eigenvalue weighted by atomic mass is 32.1. The summed E-state index contributed by atoms with van der Waals surface area (Å²) in [6.07, 6.45) is 0.723. The molecule has 0 unspecified atom stereocenters. The Balaban J connectivity index is 1.56. The van der Waals surface area contributed by atoms with Crippen molar-refractivity contribution in [3.8, 4) is 11.5 Å². The Morgan fingerprint density at radius 3 is 2.65 bits per heavy atom. The van der Waals surface area contributed by atoms with E-state index in [0.717, 1.165) is 11.4 Å². The third kappa shape index (κ3) is 4.17. The third-order valence-corrected chi connectivity index (χ3v) is 4.49. The number of aryl methyl sites for hydroxylation is 1. The van der Waals surface area contributed by atoms with Crippen molar-refractivity contribution in [3.63, 3.8) is 0 Å². The first-order valence-corrected chi connectivity index (χ1v) is 8.72. The fraction of sp³-hybridized carbons (Fsp3) is 0.294. The van der Waals surface area contributed by atoms with E-state index >= 15 is 0 Å².